The van der Waals surface area contributed by atoms with Gasteiger partial charge >= 0.3 is 0 Å². The Morgan fingerprint density at radius 1 is 0.500 bits per heavy atom. The second kappa shape index (κ2) is 37.0. The quantitative estimate of drug-likeness (QED) is 0.0301. The molecule has 2 rings (SSSR count). The molecule has 0 aromatic carbocycles. The van der Waals surface area contributed by atoms with E-state index in [9.17, 15) is 50.8 Å². The molecule has 2 heterocycles. The highest BCUT2D eigenvalue weighted by molar-refractivity contribution is 5.76. The summed E-state index contributed by atoms with van der Waals surface area (Å²) in [5.41, 5.74) is 0. The Morgan fingerprint density at radius 3 is 1.33 bits per heavy atom. The SMILES string of the molecule is CCCCCCCCCCCCCCCCCCCC(=O)N[C@@H](C(O)[C@@H]1O[C@H](CO)[C@@H](O[C@@H]2O[C@H](CO)[C@H](O)[C@H](O)[C@H]2O)[C@H](O)[C@H]1O)[C@H](O)CCCCCCCCCCCCCCC. The molecule has 13 atom stereocenters. The van der Waals surface area contributed by atoms with E-state index >= 15 is 0 Å². The number of hydrogen-bond donors (Lipinski definition) is 10. The molecule has 2 fully saturated rings. The van der Waals surface area contributed by atoms with Gasteiger partial charge in [0.15, 0.2) is 6.29 Å². The van der Waals surface area contributed by atoms with E-state index in [-0.39, 0.29) is 18.7 Å². The summed E-state index contributed by atoms with van der Waals surface area (Å²) < 4.78 is 17.0. The molecule has 0 saturated carbocycles. The van der Waals surface area contributed by atoms with Crippen LogP contribution in [0.1, 0.15) is 219 Å². The minimum absolute atomic E-state index is 0.193. The van der Waals surface area contributed by atoms with Gasteiger partial charge in [-0.25, -0.2) is 0 Å². The molecule has 10 N–H and O–H groups in total. The van der Waals surface area contributed by atoms with Crippen molar-refractivity contribution < 1.29 is 65.0 Å². The second-order valence-corrected chi connectivity index (χ2v) is 19.2. The van der Waals surface area contributed by atoms with Crippen LogP contribution in [-0.4, -0.2) is 145 Å². The highest BCUT2D eigenvalue weighted by Gasteiger charge is 2.53. The summed E-state index contributed by atoms with van der Waals surface area (Å²) in [6.45, 7) is 3.00. The topological polar surface area (TPSA) is 239 Å². The van der Waals surface area contributed by atoms with E-state index in [0.29, 0.717) is 12.8 Å². The van der Waals surface area contributed by atoms with Crippen molar-refractivity contribution >= 4 is 5.91 Å². The number of aliphatic hydroxyl groups excluding tert-OH is 9. The number of carbonyl (C=O) groups is 1. The van der Waals surface area contributed by atoms with Gasteiger partial charge in [-0.3, -0.25) is 4.79 Å². The van der Waals surface area contributed by atoms with Gasteiger partial charge in [0.2, 0.25) is 5.91 Å². The first kappa shape index (κ1) is 59.1. The van der Waals surface area contributed by atoms with Gasteiger partial charge in [-0.15, -0.1) is 0 Å². The summed E-state index contributed by atoms with van der Waals surface area (Å²) in [5, 5.41) is 99.3. The molecule has 0 aromatic rings. The van der Waals surface area contributed by atoms with E-state index in [1.807, 2.05) is 0 Å². The number of ether oxygens (including phenoxy) is 3. The van der Waals surface area contributed by atoms with Gasteiger partial charge in [-0.1, -0.05) is 200 Å². The van der Waals surface area contributed by atoms with Gasteiger partial charge in [0.1, 0.15) is 61.0 Å². The number of carbonyl (C=O) groups excluding carboxylic acids is 1. The van der Waals surface area contributed by atoms with Crippen LogP contribution in [0, 0.1) is 0 Å². The van der Waals surface area contributed by atoms with Crippen LogP contribution in [0.2, 0.25) is 0 Å². The van der Waals surface area contributed by atoms with Crippen molar-refractivity contribution in [2.75, 3.05) is 13.2 Å². The molecule has 2 aliphatic rings. The van der Waals surface area contributed by atoms with E-state index in [1.165, 1.54) is 141 Å². The fourth-order valence-corrected chi connectivity index (χ4v) is 9.33. The van der Waals surface area contributed by atoms with Crippen molar-refractivity contribution in [3.8, 4) is 0 Å². The monoisotopic (exact) mass is 920 g/mol. The largest absolute Gasteiger partial charge is 0.394 e. The van der Waals surface area contributed by atoms with Crippen molar-refractivity contribution in [3.05, 3.63) is 0 Å². The van der Waals surface area contributed by atoms with Gasteiger partial charge in [0.05, 0.1) is 25.4 Å². The highest BCUT2D eigenvalue weighted by atomic mass is 16.7. The first-order valence-electron chi connectivity index (χ1n) is 26.3. The minimum Gasteiger partial charge on any atom is -0.394 e. The Morgan fingerprint density at radius 2 is 0.906 bits per heavy atom. The average Bonchev–Trinajstić information content (AvgIpc) is 3.29. The molecule has 1 amide bonds. The van der Waals surface area contributed by atoms with E-state index in [2.05, 4.69) is 19.2 Å². The van der Waals surface area contributed by atoms with E-state index in [0.717, 1.165) is 38.5 Å². The number of amides is 1. The molecule has 64 heavy (non-hydrogen) atoms. The van der Waals surface area contributed by atoms with Gasteiger partial charge in [-0.05, 0) is 12.8 Å². The summed E-state index contributed by atoms with van der Waals surface area (Å²) in [7, 11) is 0. The lowest BCUT2D eigenvalue weighted by Crippen LogP contribution is -2.68. The molecular weight excluding hydrogens is 823 g/mol. The summed E-state index contributed by atoms with van der Waals surface area (Å²) in [6.07, 6.45) is 17.0. The molecule has 2 saturated heterocycles. The normalized spacial score (nSPS) is 27.7. The first-order chi connectivity index (χ1) is 31.0. The van der Waals surface area contributed by atoms with Crippen molar-refractivity contribution in [1.82, 2.24) is 5.32 Å². The molecule has 2 aliphatic heterocycles. The predicted octanol–water partition coefficient (Wildman–Crippen LogP) is 6.38. The maximum atomic E-state index is 13.3. The van der Waals surface area contributed by atoms with Crippen molar-refractivity contribution in [3.63, 3.8) is 0 Å². The fourth-order valence-electron chi connectivity index (χ4n) is 9.33. The zero-order valence-electron chi connectivity index (χ0n) is 40.2. The summed E-state index contributed by atoms with van der Waals surface area (Å²) in [6, 6.07) is -1.26. The van der Waals surface area contributed by atoms with Crippen LogP contribution >= 0.6 is 0 Å². The second-order valence-electron chi connectivity index (χ2n) is 19.2. The van der Waals surface area contributed by atoms with Gasteiger partial charge in [0, 0.05) is 6.42 Å². The van der Waals surface area contributed by atoms with Crippen LogP contribution in [0.3, 0.4) is 0 Å². The average molecular weight is 920 g/mol. The first-order valence-corrected chi connectivity index (χ1v) is 26.3. The number of hydrogen-bond acceptors (Lipinski definition) is 13. The molecule has 0 aliphatic carbocycles. The highest BCUT2D eigenvalue weighted by Crippen LogP contribution is 2.31. The van der Waals surface area contributed by atoms with E-state index in [4.69, 9.17) is 14.2 Å². The third-order valence-electron chi connectivity index (χ3n) is 13.6. The smallest absolute Gasteiger partial charge is 0.220 e. The Kier molecular flexibility index (Phi) is 34.1. The summed E-state index contributed by atoms with van der Waals surface area (Å²) >= 11 is 0. The van der Waals surface area contributed by atoms with E-state index in [1.54, 1.807) is 0 Å². The maximum Gasteiger partial charge on any atom is 0.220 e. The summed E-state index contributed by atoms with van der Waals surface area (Å²) in [5.74, 6) is -0.359. The third-order valence-corrected chi connectivity index (χ3v) is 13.6. The van der Waals surface area contributed by atoms with Crippen LogP contribution in [-0.2, 0) is 19.0 Å². The lowest BCUT2D eigenvalue weighted by molar-refractivity contribution is -0.345. The lowest BCUT2D eigenvalue weighted by Gasteiger charge is -2.47. The van der Waals surface area contributed by atoms with Gasteiger partial charge < -0.3 is 65.5 Å². The third kappa shape index (κ3) is 23.3. The molecule has 1 unspecified atom stereocenters. The van der Waals surface area contributed by atoms with Crippen LogP contribution in [0.25, 0.3) is 0 Å². The van der Waals surface area contributed by atoms with Gasteiger partial charge in [0.25, 0.3) is 0 Å². The Bertz CT molecular complexity index is 1100. The fraction of sp³-hybridized carbons (Fsp3) is 0.980. The Labute approximate surface area is 387 Å². The predicted molar refractivity (Wildman–Crippen MR) is 249 cm³/mol. The molecule has 0 radical (unpaired) electrons. The number of rotatable bonds is 40. The molecule has 0 bridgehead atoms. The van der Waals surface area contributed by atoms with Crippen molar-refractivity contribution in [2.24, 2.45) is 0 Å². The van der Waals surface area contributed by atoms with E-state index < -0.39 is 92.7 Å². The van der Waals surface area contributed by atoms with Gasteiger partial charge in [-0.2, -0.15) is 0 Å². The van der Waals surface area contributed by atoms with Crippen LogP contribution in [0.4, 0.5) is 0 Å². The van der Waals surface area contributed by atoms with Crippen LogP contribution < -0.4 is 5.32 Å². The molecule has 0 spiro atoms. The molecule has 0 aromatic heterocycles. The van der Waals surface area contributed by atoms with Crippen LogP contribution in [0.15, 0.2) is 0 Å². The standard InChI is InChI=1S/C50H97NO13/c1-3-5-7-9-11-13-15-17-18-19-20-22-24-26-28-30-32-34-40(55)51-41(37(54)33-31-29-27-25-23-21-16-14-12-10-8-6-4-2)43(57)49-46(60)45(59)48(39(36-53)62-49)64-50-47(61)44(58)42(56)38(35-52)63-50/h37-39,41-50,52-54,56-61H,3-36H2,1-2H3,(H,51,55)/t37-,38-,39-,41-,42+,43?,44+,45-,46-,47-,48-,49+,50+/m1/s1. The molecule has 14 heteroatoms. The lowest BCUT2D eigenvalue weighted by atomic mass is 9.87. The van der Waals surface area contributed by atoms with Crippen molar-refractivity contribution in [2.45, 2.75) is 299 Å². The Hall–Kier alpha value is -1.01. The molecular formula is C50H97NO13. The number of unbranched alkanes of at least 4 members (excludes halogenated alkanes) is 28. The molecule has 380 valence electrons. The minimum atomic E-state index is -1.85. The zero-order valence-corrected chi connectivity index (χ0v) is 40.2. The zero-order chi connectivity index (χ0) is 47.0. The summed E-state index contributed by atoms with van der Waals surface area (Å²) in [4.78, 5) is 13.3. The molecule has 14 nitrogen and oxygen atoms in total. The van der Waals surface area contributed by atoms with Crippen LogP contribution in [0.5, 0.6) is 0 Å². The number of aliphatic hydroxyl groups is 9. The van der Waals surface area contributed by atoms with Crippen molar-refractivity contribution in [1.29, 1.82) is 0 Å². The number of nitrogens with one attached hydrogen (secondary N) is 1. The maximum absolute atomic E-state index is 13.3. The Balaban J connectivity index is 1.88.